The first-order valence-corrected chi connectivity index (χ1v) is 4.61. The smallest absolute Gasteiger partial charge is 0.0572 e. The summed E-state index contributed by atoms with van der Waals surface area (Å²) in [6, 6.07) is 1.95. The number of anilines is 1. The number of nitrogens with one attached hydrogen (secondary N) is 1. The SMILES string of the molecule is CC(C)CNc1cnccc1CN. The van der Waals surface area contributed by atoms with Gasteiger partial charge in [-0.3, -0.25) is 4.98 Å². The predicted molar refractivity (Wildman–Crippen MR) is 55.5 cm³/mol. The Hall–Kier alpha value is -1.09. The molecule has 0 saturated heterocycles. The van der Waals surface area contributed by atoms with Gasteiger partial charge in [0.1, 0.15) is 0 Å². The number of hydrogen-bond donors (Lipinski definition) is 2. The van der Waals surface area contributed by atoms with E-state index in [9.17, 15) is 0 Å². The summed E-state index contributed by atoms with van der Waals surface area (Å²) < 4.78 is 0. The normalized spacial score (nSPS) is 10.5. The fourth-order valence-corrected chi connectivity index (χ4v) is 1.07. The zero-order chi connectivity index (χ0) is 9.68. The van der Waals surface area contributed by atoms with Crippen molar-refractivity contribution < 1.29 is 0 Å². The standard InChI is InChI=1S/C10H17N3/c1-8(2)6-13-10-7-12-4-3-9(10)5-11/h3-4,7-8,13H,5-6,11H2,1-2H3. The van der Waals surface area contributed by atoms with Crippen LogP contribution in [0.25, 0.3) is 0 Å². The van der Waals surface area contributed by atoms with E-state index >= 15 is 0 Å². The summed E-state index contributed by atoms with van der Waals surface area (Å²) in [4.78, 5) is 4.05. The molecule has 0 atom stereocenters. The van der Waals surface area contributed by atoms with Gasteiger partial charge in [-0.2, -0.15) is 0 Å². The van der Waals surface area contributed by atoms with Crippen LogP contribution in [0.5, 0.6) is 0 Å². The van der Waals surface area contributed by atoms with Crippen molar-refractivity contribution in [2.45, 2.75) is 20.4 Å². The van der Waals surface area contributed by atoms with E-state index in [4.69, 9.17) is 5.73 Å². The number of aromatic nitrogens is 1. The highest BCUT2D eigenvalue weighted by Crippen LogP contribution is 2.12. The lowest BCUT2D eigenvalue weighted by atomic mass is 10.2. The van der Waals surface area contributed by atoms with E-state index in [0.29, 0.717) is 12.5 Å². The average molecular weight is 179 g/mol. The fraction of sp³-hybridized carbons (Fsp3) is 0.500. The van der Waals surface area contributed by atoms with Crippen LogP contribution in [-0.4, -0.2) is 11.5 Å². The molecule has 0 fully saturated rings. The summed E-state index contributed by atoms with van der Waals surface area (Å²) in [6.07, 6.45) is 3.59. The van der Waals surface area contributed by atoms with E-state index < -0.39 is 0 Å². The van der Waals surface area contributed by atoms with Crippen LogP contribution in [-0.2, 0) is 6.54 Å². The Morgan fingerprint density at radius 2 is 2.31 bits per heavy atom. The van der Waals surface area contributed by atoms with Crippen LogP contribution in [0.3, 0.4) is 0 Å². The van der Waals surface area contributed by atoms with Crippen LogP contribution in [0.15, 0.2) is 18.5 Å². The van der Waals surface area contributed by atoms with Gasteiger partial charge in [0.2, 0.25) is 0 Å². The predicted octanol–water partition coefficient (Wildman–Crippen LogP) is 1.61. The van der Waals surface area contributed by atoms with Crippen LogP contribution in [0.4, 0.5) is 5.69 Å². The van der Waals surface area contributed by atoms with Gasteiger partial charge in [0.05, 0.1) is 11.9 Å². The molecule has 0 radical (unpaired) electrons. The summed E-state index contributed by atoms with van der Waals surface area (Å²) in [6.45, 7) is 5.86. The van der Waals surface area contributed by atoms with Crippen LogP contribution in [0, 0.1) is 5.92 Å². The Bertz CT molecular complexity index is 258. The quantitative estimate of drug-likeness (QED) is 0.738. The van der Waals surface area contributed by atoms with Gasteiger partial charge in [-0.15, -0.1) is 0 Å². The Morgan fingerprint density at radius 1 is 1.54 bits per heavy atom. The first kappa shape index (κ1) is 9.99. The molecule has 3 N–H and O–H groups in total. The Morgan fingerprint density at radius 3 is 2.92 bits per heavy atom. The number of rotatable bonds is 4. The lowest BCUT2D eigenvalue weighted by Gasteiger charge is -2.11. The highest BCUT2D eigenvalue weighted by atomic mass is 14.9. The van der Waals surface area contributed by atoms with E-state index in [1.807, 2.05) is 12.3 Å². The molecule has 0 amide bonds. The van der Waals surface area contributed by atoms with Crippen LogP contribution in [0.2, 0.25) is 0 Å². The summed E-state index contributed by atoms with van der Waals surface area (Å²) in [5, 5.41) is 3.32. The van der Waals surface area contributed by atoms with Gasteiger partial charge in [0, 0.05) is 19.3 Å². The average Bonchev–Trinajstić information content (AvgIpc) is 2.15. The molecular weight excluding hydrogens is 162 g/mol. The van der Waals surface area contributed by atoms with Crippen molar-refractivity contribution in [2.75, 3.05) is 11.9 Å². The van der Waals surface area contributed by atoms with Crippen molar-refractivity contribution in [1.82, 2.24) is 4.98 Å². The minimum atomic E-state index is 0.558. The number of nitrogens with zero attached hydrogens (tertiary/aromatic N) is 1. The topological polar surface area (TPSA) is 50.9 Å². The zero-order valence-corrected chi connectivity index (χ0v) is 8.25. The largest absolute Gasteiger partial charge is 0.383 e. The molecular formula is C10H17N3. The highest BCUT2D eigenvalue weighted by Gasteiger charge is 2.00. The van der Waals surface area contributed by atoms with Crippen molar-refractivity contribution in [1.29, 1.82) is 0 Å². The van der Waals surface area contributed by atoms with Gasteiger partial charge in [-0.05, 0) is 17.5 Å². The summed E-state index contributed by atoms with van der Waals surface area (Å²) in [7, 11) is 0. The molecule has 0 bridgehead atoms. The number of pyridine rings is 1. The molecule has 0 aliphatic rings. The summed E-state index contributed by atoms with van der Waals surface area (Å²) in [5.41, 5.74) is 7.76. The minimum Gasteiger partial charge on any atom is -0.383 e. The summed E-state index contributed by atoms with van der Waals surface area (Å²) >= 11 is 0. The van der Waals surface area contributed by atoms with Gasteiger partial charge in [-0.25, -0.2) is 0 Å². The van der Waals surface area contributed by atoms with Gasteiger partial charge in [-0.1, -0.05) is 13.8 Å². The second-order valence-corrected chi connectivity index (χ2v) is 3.51. The third-order valence-corrected chi connectivity index (χ3v) is 1.83. The van der Waals surface area contributed by atoms with E-state index in [2.05, 4.69) is 24.1 Å². The minimum absolute atomic E-state index is 0.558. The van der Waals surface area contributed by atoms with Gasteiger partial charge in [0.15, 0.2) is 0 Å². The van der Waals surface area contributed by atoms with Gasteiger partial charge in [0.25, 0.3) is 0 Å². The lowest BCUT2D eigenvalue weighted by molar-refractivity contribution is 0.688. The van der Waals surface area contributed by atoms with Gasteiger partial charge >= 0.3 is 0 Å². The Balaban J connectivity index is 2.64. The van der Waals surface area contributed by atoms with Crippen molar-refractivity contribution in [3.05, 3.63) is 24.0 Å². The highest BCUT2D eigenvalue weighted by molar-refractivity contribution is 5.48. The van der Waals surface area contributed by atoms with Crippen LogP contribution >= 0.6 is 0 Å². The third-order valence-electron chi connectivity index (χ3n) is 1.83. The second kappa shape index (κ2) is 4.82. The van der Waals surface area contributed by atoms with Crippen LogP contribution in [0.1, 0.15) is 19.4 Å². The maximum atomic E-state index is 5.59. The molecule has 1 aromatic heterocycles. The third kappa shape index (κ3) is 3.03. The number of nitrogens with two attached hydrogens (primary N) is 1. The van der Waals surface area contributed by atoms with E-state index in [1.165, 1.54) is 0 Å². The van der Waals surface area contributed by atoms with Crippen molar-refractivity contribution >= 4 is 5.69 Å². The molecule has 0 unspecified atom stereocenters. The molecule has 0 aromatic carbocycles. The maximum absolute atomic E-state index is 5.59. The summed E-state index contributed by atoms with van der Waals surface area (Å²) in [5.74, 6) is 0.630. The maximum Gasteiger partial charge on any atom is 0.0572 e. The molecule has 0 saturated carbocycles. The molecule has 3 heteroatoms. The van der Waals surface area contributed by atoms with E-state index in [0.717, 1.165) is 17.8 Å². The molecule has 3 nitrogen and oxygen atoms in total. The molecule has 1 rings (SSSR count). The Labute approximate surface area is 79.4 Å². The Kier molecular flexibility index (Phi) is 3.71. The van der Waals surface area contributed by atoms with Crippen molar-refractivity contribution in [2.24, 2.45) is 11.7 Å². The second-order valence-electron chi connectivity index (χ2n) is 3.51. The zero-order valence-electron chi connectivity index (χ0n) is 8.25. The number of hydrogen-bond acceptors (Lipinski definition) is 3. The van der Waals surface area contributed by atoms with Crippen molar-refractivity contribution in [3.8, 4) is 0 Å². The molecule has 1 aromatic rings. The van der Waals surface area contributed by atoms with Crippen molar-refractivity contribution in [3.63, 3.8) is 0 Å². The van der Waals surface area contributed by atoms with E-state index in [-0.39, 0.29) is 0 Å². The van der Waals surface area contributed by atoms with E-state index in [1.54, 1.807) is 6.20 Å². The molecule has 13 heavy (non-hydrogen) atoms. The lowest BCUT2D eigenvalue weighted by Crippen LogP contribution is -2.11. The molecule has 72 valence electrons. The monoisotopic (exact) mass is 179 g/mol. The fourth-order valence-electron chi connectivity index (χ4n) is 1.07. The molecule has 0 aliphatic carbocycles. The first-order chi connectivity index (χ1) is 6.24. The first-order valence-electron chi connectivity index (χ1n) is 4.61. The van der Waals surface area contributed by atoms with Gasteiger partial charge < -0.3 is 11.1 Å². The molecule has 0 aliphatic heterocycles. The van der Waals surface area contributed by atoms with Crippen LogP contribution < -0.4 is 11.1 Å². The molecule has 0 spiro atoms. The molecule has 1 heterocycles.